The van der Waals surface area contributed by atoms with E-state index in [1.54, 1.807) is 66.7 Å². The van der Waals surface area contributed by atoms with Crippen LogP contribution in [0, 0.1) is 0 Å². The Balaban J connectivity index is 1.64. The second-order valence-corrected chi connectivity index (χ2v) is 5.74. The van der Waals surface area contributed by atoms with E-state index in [4.69, 9.17) is 4.74 Å². The van der Waals surface area contributed by atoms with Gasteiger partial charge in [-0.2, -0.15) is 0 Å². The van der Waals surface area contributed by atoms with Crippen LogP contribution in [0.4, 0.5) is 5.69 Å². The maximum Gasteiger partial charge on any atom is 0.343 e. The average molecular weight is 343 g/mol. The summed E-state index contributed by atoms with van der Waals surface area (Å²) in [6.45, 7) is 0. The predicted octanol–water partition coefficient (Wildman–Crippen LogP) is 3.71. The second kappa shape index (κ2) is 6.29. The third-order valence-corrected chi connectivity index (χ3v) is 4.09. The smallest absolute Gasteiger partial charge is 0.343 e. The molecular weight excluding hydrogens is 330 g/mol. The van der Waals surface area contributed by atoms with Crippen molar-refractivity contribution in [3.8, 4) is 5.75 Å². The number of fused-ring (bicyclic) bond motifs is 1. The van der Waals surface area contributed by atoms with Crippen LogP contribution in [0.5, 0.6) is 5.75 Å². The van der Waals surface area contributed by atoms with Gasteiger partial charge in [0.15, 0.2) is 0 Å². The number of para-hydroxylation sites is 1. The zero-order valence-electron chi connectivity index (χ0n) is 13.6. The van der Waals surface area contributed by atoms with Crippen LogP contribution in [0.2, 0.25) is 0 Å². The number of amides is 2. The Kier molecular flexibility index (Phi) is 3.82. The molecule has 0 aliphatic carbocycles. The lowest BCUT2D eigenvalue weighted by molar-refractivity contribution is 0.0733. The number of nitrogens with zero attached hydrogens (tertiary/aromatic N) is 1. The number of hydrogen-bond acceptors (Lipinski definition) is 4. The molecule has 0 fully saturated rings. The Morgan fingerprint density at radius 2 is 1.35 bits per heavy atom. The minimum Gasteiger partial charge on any atom is -0.423 e. The van der Waals surface area contributed by atoms with Gasteiger partial charge in [0.2, 0.25) is 0 Å². The molecule has 126 valence electrons. The lowest BCUT2D eigenvalue weighted by Crippen LogP contribution is -2.29. The van der Waals surface area contributed by atoms with Gasteiger partial charge in [-0.25, -0.2) is 9.69 Å². The quantitative estimate of drug-likeness (QED) is 0.413. The standard InChI is InChI=1S/C21H13NO4/c23-19-17-11-4-5-12-18(17)20(24)22(19)15-8-6-7-14(13-15)21(25)26-16-9-2-1-3-10-16/h1-13H. The third kappa shape index (κ3) is 2.65. The van der Waals surface area contributed by atoms with Gasteiger partial charge in [-0.1, -0.05) is 36.4 Å². The monoisotopic (exact) mass is 343 g/mol. The first kappa shape index (κ1) is 15.8. The highest BCUT2D eigenvalue weighted by atomic mass is 16.5. The number of anilines is 1. The van der Waals surface area contributed by atoms with Crippen molar-refractivity contribution in [2.24, 2.45) is 0 Å². The molecule has 1 heterocycles. The fourth-order valence-corrected chi connectivity index (χ4v) is 2.85. The Morgan fingerprint density at radius 1 is 0.731 bits per heavy atom. The molecular formula is C21H13NO4. The number of carbonyl (C=O) groups excluding carboxylic acids is 3. The number of rotatable bonds is 3. The van der Waals surface area contributed by atoms with Crippen molar-refractivity contribution >= 4 is 23.5 Å². The van der Waals surface area contributed by atoms with Gasteiger partial charge in [0, 0.05) is 0 Å². The largest absolute Gasteiger partial charge is 0.423 e. The summed E-state index contributed by atoms with van der Waals surface area (Å²) in [5.74, 6) is -0.948. The predicted molar refractivity (Wildman–Crippen MR) is 95.4 cm³/mol. The first-order valence-electron chi connectivity index (χ1n) is 8.00. The van der Waals surface area contributed by atoms with Crippen LogP contribution in [0.15, 0.2) is 78.9 Å². The summed E-state index contributed by atoms with van der Waals surface area (Å²) in [7, 11) is 0. The van der Waals surface area contributed by atoms with Gasteiger partial charge >= 0.3 is 5.97 Å². The molecule has 0 atom stereocenters. The molecule has 0 N–H and O–H groups in total. The third-order valence-electron chi connectivity index (χ3n) is 4.09. The van der Waals surface area contributed by atoms with Crippen molar-refractivity contribution in [3.63, 3.8) is 0 Å². The molecule has 5 heteroatoms. The minimum atomic E-state index is -0.561. The van der Waals surface area contributed by atoms with E-state index in [1.165, 1.54) is 6.07 Å². The Bertz CT molecular complexity index is 992. The van der Waals surface area contributed by atoms with E-state index in [2.05, 4.69) is 0 Å². The number of ether oxygens (including phenoxy) is 1. The van der Waals surface area contributed by atoms with Crippen LogP contribution in [-0.4, -0.2) is 17.8 Å². The van der Waals surface area contributed by atoms with Crippen molar-refractivity contribution < 1.29 is 19.1 Å². The molecule has 2 amide bonds. The molecule has 0 aromatic heterocycles. The Morgan fingerprint density at radius 3 is 2.00 bits per heavy atom. The highest BCUT2D eigenvalue weighted by Crippen LogP contribution is 2.29. The zero-order valence-corrected chi connectivity index (χ0v) is 13.6. The van der Waals surface area contributed by atoms with Crippen molar-refractivity contribution in [2.45, 2.75) is 0 Å². The van der Waals surface area contributed by atoms with Crippen molar-refractivity contribution in [3.05, 3.63) is 95.6 Å². The fraction of sp³-hybridized carbons (Fsp3) is 0. The average Bonchev–Trinajstić information content (AvgIpc) is 2.94. The zero-order chi connectivity index (χ0) is 18.1. The molecule has 1 aliphatic heterocycles. The molecule has 26 heavy (non-hydrogen) atoms. The lowest BCUT2D eigenvalue weighted by Gasteiger charge is -2.14. The molecule has 0 saturated carbocycles. The Labute approximate surface area is 149 Å². The summed E-state index contributed by atoms with van der Waals surface area (Å²) in [6, 6.07) is 21.6. The summed E-state index contributed by atoms with van der Waals surface area (Å²) in [4.78, 5) is 38.6. The van der Waals surface area contributed by atoms with Gasteiger partial charge < -0.3 is 4.74 Å². The first-order valence-corrected chi connectivity index (χ1v) is 8.00. The molecule has 0 unspecified atom stereocenters. The number of hydrogen-bond donors (Lipinski definition) is 0. The molecule has 4 rings (SSSR count). The van der Waals surface area contributed by atoms with E-state index in [9.17, 15) is 14.4 Å². The Hall–Kier alpha value is -3.73. The molecule has 0 spiro atoms. The second-order valence-electron chi connectivity index (χ2n) is 5.74. The van der Waals surface area contributed by atoms with Crippen LogP contribution in [-0.2, 0) is 0 Å². The van der Waals surface area contributed by atoms with Gasteiger partial charge in [-0.15, -0.1) is 0 Å². The SMILES string of the molecule is O=C(Oc1ccccc1)c1cccc(N2C(=O)c3ccccc3C2=O)c1. The van der Waals surface area contributed by atoms with Gasteiger partial charge in [-0.05, 0) is 42.5 Å². The molecule has 3 aromatic carbocycles. The normalized spacial score (nSPS) is 12.8. The molecule has 1 aliphatic rings. The fourth-order valence-electron chi connectivity index (χ4n) is 2.85. The molecule has 0 saturated heterocycles. The summed E-state index contributed by atoms with van der Waals surface area (Å²) in [6.07, 6.45) is 0. The summed E-state index contributed by atoms with van der Waals surface area (Å²) in [5.41, 5.74) is 1.30. The van der Waals surface area contributed by atoms with E-state index in [-0.39, 0.29) is 5.56 Å². The van der Waals surface area contributed by atoms with Gasteiger partial charge in [0.1, 0.15) is 5.75 Å². The summed E-state index contributed by atoms with van der Waals surface area (Å²) < 4.78 is 5.31. The van der Waals surface area contributed by atoms with Crippen LogP contribution >= 0.6 is 0 Å². The number of esters is 1. The first-order chi connectivity index (χ1) is 12.6. The van der Waals surface area contributed by atoms with E-state index < -0.39 is 17.8 Å². The van der Waals surface area contributed by atoms with Crippen LogP contribution in [0.3, 0.4) is 0 Å². The van der Waals surface area contributed by atoms with Gasteiger partial charge in [0.05, 0.1) is 22.4 Å². The van der Waals surface area contributed by atoms with Crippen LogP contribution in [0.25, 0.3) is 0 Å². The summed E-state index contributed by atoms with van der Waals surface area (Å²) >= 11 is 0. The van der Waals surface area contributed by atoms with Crippen molar-refractivity contribution in [2.75, 3.05) is 4.90 Å². The van der Waals surface area contributed by atoms with E-state index in [1.807, 2.05) is 6.07 Å². The van der Waals surface area contributed by atoms with Gasteiger partial charge in [-0.3, -0.25) is 9.59 Å². The number of imide groups is 1. The van der Waals surface area contributed by atoms with E-state index in [0.29, 0.717) is 22.6 Å². The summed E-state index contributed by atoms with van der Waals surface area (Å²) in [5, 5.41) is 0. The maximum atomic E-state index is 12.6. The topological polar surface area (TPSA) is 63.7 Å². The van der Waals surface area contributed by atoms with Crippen molar-refractivity contribution in [1.29, 1.82) is 0 Å². The van der Waals surface area contributed by atoms with Crippen LogP contribution in [0.1, 0.15) is 31.1 Å². The molecule has 5 nitrogen and oxygen atoms in total. The lowest BCUT2D eigenvalue weighted by atomic mass is 10.1. The van der Waals surface area contributed by atoms with Crippen molar-refractivity contribution in [1.82, 2.24) is 0 Å². The minimum absolute atomic E-state index is 0.253. The highest BCUT2D eigenvalue weighted by molar-refractivity contribution is 6.34. The molecule has 3 aromatic rings. The van der Waals surface area contributed by atoms with Crippen LogP contribution < -0.4 is 9.64 Å². The number of carbonyl (C=O) groups is 3. The van der Waals surface area contributed by atoms with E-state index in [0.717, 1.165) is 4.90 Å². The van der Waals surface area contributed by atoms with E-state index >= 15 is 0 Å². The number of benzene rings is 3. The highest BCUT2D eigenvalue weighted by Gasteiger charge is 2.36. The molecule has 0 bridgehead atoms. The maximum absolute atomic E-state index is 12.6. The van der Waals surface area contributed by atoms with Gasteiger partial charge in [0.25, 0.3) is 11.8 Å². The molecule has 0 radical (unpaired) electrons.